The summed E-state index contributed by atoms with van der Waals surface area (Å²) in [5.41, 5.74) is 5.74. The molecular weight excluding hydrogens is 442 g/mol. The fourth-order valence-corrected chi connectivity index (χ4v) is 5.75. The lowest BCUT2D eigenvalue weighted by Gasteiger charge is -2.49. The number of rotatable bonds is 6. The van der Waals surface area contributed by atoms with Crippen LogP contribution in [0.3, 0.4) is 0 Å². The molecule has 3 heterocycles. The molecule has 0 saturated carbocycles. The lowest BCUT2D eigenvalue weighted by molar-refractivity contribution is -0.150. The van der Waals surface area contributed by atoms with E-state index in [2.05, 4.69) is 15.3 Å². The number of fused-ring (bicyclic) bond motifs is 1. The second-order valence-corrected chi connectivity index (χ2v) is 8.96. The van der Waals surface area contributed by atoms with Gasteiger partial charge in [0.05, 0.1) is 6.42 Å². The molecule has 31 heavy (non-hydrogen) atoms. The number of carboxylic acid groups (broad SMARTS) is 1. The number of carbonyl (C=O) groups is 3. The maximum atomic E-state index is 12.7. The van der Waals surface area contributed by atoms with Gasteiger partial charge in [0.1, 0.15) is 22.9 Å². The minimum atomic E-state index is -1.28. The maximum absolute atomic E-state index is 12.7. The number of hydrogen-bond acceptors (Lipinski definition) is 8. The third-order valence-corrected chi connectivity index (χ3v) is 7.05. The molecule has 2 atom stereocenters. The minimum absolute atomic E-state index is 0.00582. The van der Waals surface area contributed by atoms with Crippen molar-refractivity contribution in [1.29, 1.82) is 0 Å². The summed E-state index contributed by atoms with van der Waals surface area (Å²) < 4.78 is 0. The van der Waals surface area contributed by atoms with Crippen molar-refractivity contribution in [3.63, 3.8) is 0 Å². The van der Waals surface area contributed by atoms with Crippen LogP contribution in [-0.2, 0) is 20.8 Å². The first-order chi connectivity index (χ1) is 14.8. The van der Waals surface area contributed by atoms with Gasteiger partial charge in [0.25, 0.3) is 11.5 Å². The maximum Gasteiger partial charge on any atom is 0.353 e. The SMILES string of the molecule is Nc1cc(=O)[nH]c(SC2=C(C(=O)O)N3C(=O)C(NC(=O)Cc4ccccc4)[C@H]3SC2)n1. The molecule has 10 nitrogen and oxygen atoms in total. The summed E-state index contributed by atoms with van der Waals surface area (Å²) in [6, 6.07) is 9.43. The molecule has 1 aromatic heterocycles. The molecule has 2 aliphatic rings. The molecule has 160 valence electrons. The van der Waals surface area contributed by atoms with Gasteiger partial charge < -0.3 is 21.1 Å². The molecule has 2 aliphatic heterocycles. The van der Waals surface area contributed by atoms with E-state index in [1.165, 1.54) is 11.8 Å². The molecule has 1 saturated heterocycles. The number of H-pyrrole nitrogens is 1. The molecular formula is C19H17N5O5S2. The third kappa shape index (κ3) is 4.30. The van der Waals surface area contributed by atoms with E-state index < -0.39 is 28.9 Å². The van der Waals surface area contributed by atoms with Crippen LogP contribution in [0.1, 0.15) is 5.56 Å². The Kier molecular flexibility index (Phi) is 5.74. The van der Waals surface area contributed by atoms with E-state index in [4.69, 9.17) is 5.73 Å². The minimum Gasteiger partial charge on any atom is -0.477 e. The standard InChI is InChI=1S/C19H17N5O5S2/c20-11-7-13(26)23-19(21-11)31-10-8-30-17-14(16(27)24(17)15(10)18(28)29)22-12(25)6-9-4-2-1-3-5-9/h1-5,7,14,17H,6,8H2,(H,22,25)(H,28,29)(H3,20,21,23,26)/t14?,17-/m1/s1. The number of aromatic nitrogens is 2. The molecule has 5 N–H and O–H groups in total. The number of aromatic amines is 1. The van der Waals surface area contributed by atoms with Crippen LogP contribution in [0, 0.1) is 0 Å². The number of amides is 2. The Morgan fingerprint density at radius 1 is 1.32 bits per heavy atom. The van der Waals surface area contributed by atoms with Gasteiger partial charge in [-0.3, -0.25) is 19.3 Å². The number of β-lactam (4-membered cyclic amide) rings is 1. The first kappa shape index (κ1) is 21.0. The Bertz CT molecular complexity index is 1150. The average Bonchev–Trinajstić information content (AvgIpc) is 2.71. The largest absolute Gasteiger partial charge is 0.477 e. The number of nitrogen functional groups attached to an aromatic ring is 1. The summed E-state index contributed by atoms with van der Waals surface area (Å²) in [5, 5.41) is 12.0. The van der Waals surface area contributed by atoms with Gasteiger partial charge in [0.2, 0.25) is 5.91 Å². The van der Waals surface area contributed by atoms with E-state index in [0.717, 1.165) is 28.3 Å². The normalized spacial score (nSPS) is 20.1. The molecule has 4 rings (SSSR count). The molecule has 0 aliphatic carbocycles. The van der Waals surface area contributed by atoms with Gasteiger partial charge in [0.15, 0.2) is 5.16 Å². The fourth-order valence-electron chi connectivity index (χ4n) is 3.29. The van der Waals surface area contributed by atoms with Crippen molar-refractivity contribution in [2.75, 3.05) is 11.5 Å². The quantitative estimate of drug-likeness (QED) is 0.354. The zero-order valence-corrected chi connectivity index (χ0v) is 17.5. The Labute approximate surface area is 184 Å². The van der Waals surface area contributed by atoms with Crippen LogP contribution in [0.2, 0.25) is 0 Å². The van der Waals surface area contributed by atoms with Crippen LogP contribution < -0.4 is 16.6 Å². The van der Waals surface area contributed by atoms with Gasteiger partial charge in [-0.2, -0.15) is 0 Å². The average molecular weight is 460 g/mol. The topological polar surface area (TPSA) is 158 Å². The number of nitrogens with one attached hydrogen (secondary N) is 2. The highest BCUT2D eigenvalue weighted by Crippen LogP contribution is 2.44. The first-order valence-electron chi connectivity index (χ1n) is 9.12. The second-order valence-electron chi connectivity index (χ2n) is 6.77. The van der Waals surface area contributed by atoms with Crippen molar-refractivity contribution in [2.45, 2.75) is 23.0 Å². The van der Waals surface area contributed by atoms with Crippen LogP contribution in [0.25, 0.3) is 0 Å². The summed E-state index contributed by atoms with van der Waals surface area (Å²) in [7, 11) is 0. The summed E-state index contributed by atoms with van der Waals surface area (Å²) >= 11 is 2.27. The molecule has 2 amide bonds. The van der Waals surface area contributed by atoms with Crippen molar-refractivity contribution in [3.05, 3.63) is 62.9 Å². The summed E-state index contributed by atoms with van der Waals surface area (Å²) in [4.78, 5) is 56.5. The molecule has 12 heteroatoms. The lowest BCUT2D eigenvalue weighted by Crippen LogP contribution is -2.70. The van der Waals surface area contributed by atoms with Crippen LogP contribution in [0.15, 0.2) is 57.0 Å². The van der Waals surface area contributed by atoms with Crippen LogP contribution in [0.5, 0.6) is 0 Å². The van der Waals surface area contributed by atoms with Gasteiger partial charge in [-0.05, 0) is 5.56 Å². The van der Waals surface area contributed by atoms with E-state index in [1.54, 1.807) is 0 Å². The number of nitrogens with two attached hydrogens (primary N) is 1. The number of carboxylic acids is 1. The number of hydrogen-bond donors (Lipinski definition) is 4. The highest BCUT2D eigenvalue weighted by Gasteiger charge is 2.54. The number of carbonyl (C=O) groups excluding carboxylic acids is 2. The van der Waals surface area contributed by atoms with Crippen LogP contribution in [0.4, 0.5) is 5.82 Å². The highest BCUT2D eigenvalue weighted by molar-refractivity contribution is 8.06. The van der Waals surface area contributed by atoms with E-state index >= 15 is 0 Å². The van der Waals surface area contributed by atoms with E-state index in [9.17, 15) is 24.3 Å². The van der Waals surface area contributed by atoms with Gasteiger partial charge in [-0.1, -0.05) is 42.1 Å². The predicted molar refractivity (Wildman–Crippen MR) is 115 cm³/mol. The van der Waals surface area contributed by atoms with Crippen LogP contribution in [-0.4, -0.2) is 54.9 Å². The van der Waals surface area contributed by atoms with Crippen molar-refractivity contribution >= 4 is 47.1 Å². The Morgan fingerprint density at radius 2 is 2.06 bits per heavy atom. The monoisotopic (exact) mass is 459 g/mol. The Balaban J connectivity index is 1.50. The highest BCUT2D eigenvalue weighted by atomic mass is 32.2. The van der Waals surface area contributed by atoms with Crippen molar-refractivity contribution in [3.8, 4) is 0 Å². The molecule has 1 fully saturated rings. The second kappa shape index (κ2) is 8.47. The molecule has 0 radical (unpaired) electrons. The van der Waals surface area contributed by atoms with Crippen molar-refractivity contribution in [1.82, 2.24) is 20.2 Å². The number of benzene rings is 1. The number of nitrogens with zero attached hydrogens (tertiary/aromatic N) is 2. The molecule has 0 bridgehead atoms. The Hall–Kier alpha value is -3.25. The number of anilines is 1. The van der Waals surface area contributed by atoms with E-state index in [-0.39, 0.29) is 34.8 Å². The first-order valence-corrected chi connectivity index (χ1v) is 11.0. The van der Waals surface area contributed by atoms with Crippen molar-refractivity contribution < 1.29 is 19.5 Å². The summed E-state index contributed by atoms with van der Waals surface area (Å²) in [6.45, 7) is 0. The van der Waals surface area contributed by atoms with Gasteiger partial charge in [0, 0.05) is 16.7 Å². The molecule has 2 aromatic rings. The molecule has 1 aromatic carbocycles. The van der Waals surface area contributed by atoms with E-state index in [0.29, 0.717) is 4.91 Å². The van der Waals surface area contributed by atoms with Crippen molar-refractivity contribution in [2.24, 2.45) is 0 Å². The van der Waals surface area contributed by atoms with Gasteiger partial charge in [-0.25, -0.2) is 9.78 Å². The fraction of sp³-hybridized carbons (Fsp3) is 0.211. The number of thioether (sulfide) groups is 2. The Morgan fingerprint density at radius 3 is 2.74 bits per heavy atom. The summed E-state index contributed by atoms with van der Waals surface area (Å²) in [6.07, 6.45) is 0.124. The van der Waals surface area contributed by atoms with Gasteiger partial charge in [-0.15, -0.1) is 11.8 Å². The number of aliphatic carboxylic acids is 1. The van der Waals surface area contributed by atoms with Gasteiger partial charge >= 0.3 is 5.97 Å². The summed E-state index contributed by atoms with van der Waals surface area (Å²) in [5.74, 6) is -1.81. The molecule has 1 unspecified atom stereocenters. The lowest BCUT2D eigenvalue weighted by atomic mass is 10.0. The molecule has 0 spiro atoms. The zero-order valence-electron chi connectivity index (χ0n) is 15.9. The zero-order chi connectivity index (χ0) is 22.1. The van der Waals surface area contributed by atoms with E-state index in [1.807, 2.05) is 30.3 Å². The predicted octanol–water partition coefficient (Wildman–Crippen LogP) is 0.383. The van der Waals surface area contributed by atoms with Crippen LogP contribution >= 0.6 is 23.5 Å². The smallest absolute Gasteiger partial charge is 0.353 e. The third-order valence-electron chi connectivity index (χ3n) is 4.62.